The van der Waals surface area contributed by atoms with E-state index in [0.29, 0.717) is 42.7 Å². The Labute approximate surface area is 186 Å². The first-order valence-corrected chi connectivity index (χ1v) is 11.0. The van der Waals surface area contributed by atoms with Gasteiger partial charge in [0.2, 0.25) is 5.91 Å². The van der Waals surface area contributed by atoms with Crippen molar-refractivity contribution in [2.24, 2.45) is 0 Å². The molecule has 0 radical (unpaired) electrons. The highest BCUT2D eigenvalue weighted by Gasteiger charge is 2.22. The zero-order valence-electron chi connectivity index (χ0n) is 18.4. The molecule has 3 heterocycles. The number of aryl methyl sites for hydroxylation is 2. The Morgan fingerprint density at radius 2 is 1.72 bits per heavy atom. The Bertz CT molecular complexity index is 1350. The van der Waals surface area contributed by atoms with Crippen LogP contribution in [-0.2, 0) is 11.2 Å². The summed E-state index contributed by atoms with van der Waals surface area (Å²) in [5.41, 5.74) is 4.52. The van der Waals surface area contributed by atoms with Gasteiger partial charge in [-0.1, -0.05) is 18.2 Å². The van der Waals surface area contributed by atoms with Gasteiger partial charge in [-0.25, -0.2) is 4.79 Å². The fourth-order valence-corrected chi connectivity index (χ4v) is 4.57. The summed E-state index contributed by atoms with van der Waals surface area (Å²) in [6.45, 7) is 6.93. The number of carbonyl (C=O) groups is 1. The number of carbonyl (C=O) groups excluding carboxylic acids is 1. The molecule has 1 amide bonds. The van der Waals surface area contributed by atoms with Crippen molar-refractivity contribution < 1.29 is 13.6 Å². The summed E-state index contributed by atoms with van der Waals surface area (Å²) in [4.78, 5) is 29.7. The number of benzene rings is 2. The molecule has 1 fully saturated rings. The average molecular weight is 431 g/mol. The van der Waals surface area contributed by atoms with Gasteiger partial charge in [0.05, 0.1) is 6.26 Å². The molecular weight excluding hydrogens is 404 g/mol. The third-order valence-electron chi connectivity index (χ3n) is 6.52. The fraction of sp³-hybridized carbons (Fsp3) is 0.308. The van der Waals surface area contributed by atoms with Crippen LogP contribution in [0.5, 0.6) is 0 Å². The van der Waals surface area contributed by atoms with Gasteiger partial charge in [0, 0.05) is 60.7 Å². The second kappa shape index (κ2) is 8.19. The summed E-state index contributed by atoms with van der Waals surface area (Å²) in [6.07, 6.45) is 2.38. The van der Waals surface area contributed by atoms with Gasteiger partial charge in [-0.05, 0) is 49.6 Å². The highest BCUT2D eigenvalue weighted by Crippen LogP contribution is 2.29. The highest BCUT2D eigenvalue weighted by atomic mass is 16.4. The van der Waals surface area contributed by atoms with Gasteiger partial charge in [0.25, 0.3) is 0 Å². The minimum atomic E-state index is -0.376. The Kier molecular flexibility index (Phi) is 5.21. The molecule has 6 nitrogen and oxygen atoms in total. The van der Waals surface area contributed by atoms with E-state index in [9.17, 15) is 9.59 Å². The normalized spacial score (nSPS) is 14.4. The first kappa shape index (κ1) is 20.4. The minimum absolute atomic E-state index is 0.0812. The number of fused-ring (bicyclic) bond motifs is 2. The first-order chi connectivity index (χ1) is 15.5. The molecule has 0 bridgehead atoms. The Hall–Kier alpha value is -3.54. The second-order valence-electron chi connectivity index (χ2n) is 8.46. The minimum Gasteiger partial charge on any atom is -0.464 e. The van der Waals surface area contributed by atoms with E-state index in [2.05, 4.69) is 17.0 Å². The number of hydrogen-bond donors (Lipinski definition) is 0. The van der Waals surface area contributed by atoms with Crippen LogP contribution < -0.4 is 10.5 Å². The maximum absolute atomic E-state index is 12.8. The van der Waals surface area contributed by atoms with Crippen LogP contribution in [0.1, 0.15) is 23.1 Å². The summed E-state index contributed by atoms with van der Waals surface area (Å²) >= 11 is 0. The van der Waals surface area contributed by atoms with Crippen LogP contribution in [0.3, 0.4) is 0 Å². The van der Waals surface area contributed by atoms with Gasteiger partial charge >= 0.3 is 5.63 Å². The lowest BCUT2D eigenvalue weighted by atomic mass is 10.0. The zero-order valence-corrected chi connectivity index (χ0v) is 18.4. The molecule has 2 aromatic carbocycles. The highest BCUT2D eigenvalue weighted by molar-refractivity contribution is 5.96. The van der Waals surface area contributed by atoms with Crippen molar-refractivity contribution in [3.8, 4) is 0 Å². The van der Waals surface area contributed by atoms with E-state index in [1.807, 2.05) is 43.0 Å². The number of amides is 1. The number of para-hydroxylation sites is 1. The SMILES string of the molecule is Cc1coc2cc3oc(=O)c(CCC(=O)N4CCN(c5ccccc5)CC4)c(C)c3cc12. The smallest absolute Gasteiger partial charge is 0.339 e. The Morgan fingerprint density at radius 1 is 0.969 bits per heavy atom. The molecule has 32 heavy (non-hydrogen) atoms. The lowest BCUT2D eigenvalue weighted by molar-refractivity contribution is -0.131. The van der Waals surface area contributed by atoms with Crippen LogP contribution in [0.15, 0.2) is 62.4 Å². The van der Waals surface area contributed by atoms with Crippen LogP contribution >= 0.6 is 0 Å². The van der Waals surface area contributed by atoms with Crippen molar-refractivity contribution in [1.29, 1.82) is 0 Å². The molecule has 0 unspecified atom stereocenters. The molecule has 0 aliphatic carbocycles. The molecule has 6 heteroatoms. The number of hydrogen-bond acceptors (Lipinski definition) is 5. The maximum atomic E-state index is 12.8. The second-order valence-corrected chi connectivity index (χ2v) is 8.46. The number of piperazine rings is 1. The van der Waals surface area contributed by atoms with Crippen LogP contribution in [0, 0.1) is 13.8 Å². The predicted molar refractivity (Wildman–Crippen MR) is 125 cm³/mol. The molecule has 4 aromatic rings. The molecule has 0 N–H and O–H groups in total. The van der Waals surface area contributed by atoms with E-state index in [1.165, 1.54) is 5.69 Å². The van der Waals surface area contributed by atoms with Crippen molar-refractivity contribution in [1.82, 2.24) is 4.90 Å². The van der Waals surface area contributed by atoms with Crippen LogP contribution in [0.25, 0.3) is 21.9 Å². The molecule has 164 valence electrons. The van der Waals surface area contributed by atoms with Gasteiger partial charge in [0.15, 0.2) is 0 Å². The molecule has 1 saturated heterocycles. The van der Waals surface area contributed by atoms with Gasteiger partial charge in [-0.3, -0.25) is 4.79 Å². The summed E-state index contributed by atoms with van der Waals surface area (Å²) < 4.78 is 11.1. The molecule has 0 saturated carbocycles. The zero-order chi connectivity index (χ0) is 22.2. The summed E-state index contributed by atoms with van der Waals surface area (Å²) in [6, 6.07) is 14.0. The van der Waals surface area contributed by atoms with Crippen molar-refractivity contribution in [2.45, 2.75) is 26.7 Å². The molecule has 0 atom stereocenters. The Balaban J connectivity index is 1.29. The van der Waals surface area contributed by atoms with Crippen LogP contribution in [-0.4, -0.2) is 37.0 Å². The largest absolute Gasteiger partial charge is 0.464 e. The van der Waals surface area contributed by atoms with Crippen molar-refractivity contribution >= 4 is 33.5 Å². The lowest BCUT2D eigenvalue weighted by Gasteiger charge is -2.36. The predicted octanol–water partition coefficient (Wildman–Crippen LogP) is 4.44. The molecule has 1 aliphatic rings. The molecule has 0 spiro atoms. The summed E-state index contributed by atoms with van der Waals surface area (Å²) in [5.74, 6) is 0.0812. The number of furan rings is 1. The number of anilines is 1. The lowest BCUT2D eigenvalue weighted by Crippen LogP contribution is -2.48. The summed E-state index contributed by atoms with van der Waals surface area (Å²) in [7, 11) is 0. The van der Waals surface area contributed by atoms with E-state index in [4.69, 9.17) is 8.83 Å². The molecule has 2 aromatic heterocycles. The monoisotopic (exact) mass is 430 g/mol. The molecule has 1 aliphatic heterocycles. The molecular formula is C26H26N2O4. The quantitative estimate of drug-likeness (QED) is 0.448. The topological polar surface area (TPSA) is 66.9 Å². The van der Waals surface area contributed by atoms with Gasteiger partial charge in [0.1, 0.15) is 11.2 Å². The van der Waals surface area contributed by atoms with Gasteiger partial charge in [-0.15, -0.1) is 0 Å². The third-order valence-corrected chi connectivity index (χ3v) is 6.52. The van der Waals surface area contributed by atoms with Crippen molar-refractivity contribution in [3.05, 3.63) is 75.8 Å². The van der Waals surface area contributed by atoms with E-state index in [1.54, 1.807) is 12.3 Å². The maximum Gasteiger partial charge on any atom is 0.339 e. The average Bonchev–Trinajstić information content (AvgIpc) is 3.18. The number of nitrogens with zero attached hydrogens (tertiary/aromatic N) is 2. The third kappa shape index (κ3) is 3.66. The molecule has 5 rings (SSSR count). The van der Waals surface area contributed by atoms with Gasteiger partial charge < -0.3 is 18.6 Å². The first-order valence-electron chi connectivity index (χ1n) is 11.0. The Morgan fingerprint density at radius 3 is 2.47 bits per heavy atom. The van der Waals surface area contributed by atoms with E-state index < -0.39 is 0 Å². The van der Waals surface area contributed by atoms with Crippen molar-refractivity contribution in [3.63, 3.8) is 0 Å². The standard InChI is InChI=1S/C26H26N2O4/c1-17-16-31-23-15-24-22(14-21(17)23)18(2)20(26(30)32-24)8-9-25(29)28-12-10-27(11-13-28)19-6-4-3-5-7-19/h3-7,14-16H,8-13H2,1-2H3. The summed E-state index contributed by atoms with van der Waals surface area (Å²) in [5, 5.41) is 1.90. The van der Waals surface area contributed by atoms with Crippen molar-refractivity contribution in [2.75, 3.05) is 31.1 Å². The van der Waals surface area contributed by atoms with E-state index in [-0.39, 0.29) is 11.5 Å². The van der Waals surface area contributed by atoms with E-state index in [0.717, 1.165) is 35.0 Å². The number of rotatable bonds is 4. The van der Waals surface area contributed by atoms with E-state index >= 15 is 0 Å². The van der Waals surface area contributed by atoms with Crippen LogP contribution in [0.2, 0.25) is 0 Å². The van der Waals surface area contributed by atoms with Gasteiger partial charge in [-0.2, -0.15) is 0 Å². The fourth-order valence-electron chi connectivity index (χ4n) is 4.57. The van der Waals surface area contributed by atoms with Crippen LogP contribution in [0.4, 0.5) is 5.69 Å².